The van der Waals surface area contributed by atoms with Gasteiger partial charge in [0.15, 0.2) is 0 Å². The Morgan fingerprint density at radius 3 is 2.86 bits per heavy atom. The molecule has 1 aliphatic rings. The minimum Gasteiger partial charge on any atom is -0.376 e. The van der Waals surface area contributed by atoms with E-state index in [0.717, 1.165) is 19.1 Å². The van der Waals surface area contributed by atoms with Crippen LogP contribution in [0.1, 0.15) is 23.2 Å². The number of benzene rings is 1. The Labute approximate surface area is 128 Å². The maximum Gasteiger partial charge on any atom is 0.253 e. The number of ether oxygens (including phenoxy) is 1. The number of halogens is 1. The molecule has 1 saturated heterocycles. The molecule has 6 nitrogen and oxygen atoms in total. The zero-order chi connectivity index (χ0) is 15.5. The zero-order valence-electron chi connectivity index (χ0n) is 11.6. The lowest BCUT2D eigenvalue weighted by molar-refractivity contribution is 0.0858. The number of nitrogens with one attached hydrogen (secondary N) is 2. The van der Waals surface area contributed by atoms with Gasteiger partial charge in [0.05, 0.1) is 23.6 Å². The minimum atomic E-state index is -3.47. The van der Waals surface area contributed by atoms with E-state index in [4.69, 9.17) is 16.3 Å². The van der Waals surface area contributed by atoms with Crippen LogP contribution in [0.3, 0.4) is 0 Å². The fourth-order valence-electron chi connectivity index (χ4n) is 2.10. The predicted molar refractivity (Wildman–Crippen MR) is 81.2 cm³/mol. The van der Waals surface area contributed by atoms with E-state index in [1.165, 1.54) is 18.2 Å². The largest absolute Gasteiger partial charge is 0.376 e. The Hall–Kier alpha value is -1.31. The lowest BCUT2D eigenvalue weighted by atomic mass is 10.1. The van der Waals surface area contributed by atoms with Gasteiger partial charge in [-0.05, 0) is 31.0 Å². The van der Waals surface area contributed by atoms with Gasteiger partial charge in [0.25, 0.3) is 5.91 Å². The molecular formula is C13H17ClN2O4S. The van der Waals surface area contributed by atoms with E-state index < -0.39 is 10.0 Å². The van der Waals surface area contributed by atoms with Crippen molar-refractivity contribution in [3.05, 3.63) is 28.8 Å². The molecule has 0 aromatic heterocycles. The Morgan fingerprint density at radius 1 is 1.48 bits per heavy atom. The average molecular weight is 333 g/mol. The summed E-state index contributed by atoms with van der Waals surface area (Å²) in [4.78, 5) is 12.2. The molecule has 2 rings (SSSR count). The van der Waals surface area contributed by atoms with Gasteiger partial charge in [0, 0.05) is 18.2 Å². The minimum absolute atomic E-state index is 0.0134. The molecule has 0 spiro atoms. The monoisotopic (exact) mass is 332 g/mol. The van der Waals surface area contributed by atoms with Crippen molar-refractivity contribution in [2.45, 2.75) is 18.9 Å². The van der Waals surface area contributed by atoms with Crippen molar-refractivity contribution in [3.63, 3.8) is 0 Å². The summed E-state index contributed by atoms with van der Waals surface area (Å²) >= 11 is 5.88. The third-order valence-electron chi connectivity index (χ3n) is 3.04. The predicted octanol–water partition coefficient (Wildman–Crippen LogP) is 1.62. The quantitative estimate of drug-likeness (QED) is 0.858. The molecular weight excluding hydrogens is 316 g/mol. The van der Waals surface area contributed by atoms with Crippen molar-refractivity contribution in [1.82, 2.24) is 5.32 Å². The summed E-state index contributed by atoms with van der Waals surface area (Å²) in [7, 11) is -3.47. The summed E-state index contributed by atoms with van der Waals surface area (Å²) < 4.78 is 30.4. The maximum absolute atomic E-state index is 12.2. The van der Waals surface area contributed by atoms with Crippen LogP contribution >= 0.6 is 11.6 Å². The summed E-state index contributed by atoms with van der Waals surface area (Å²) in [5.74, 6) is -0.390. The van der Waals surface area contributed by atoms with Crippen LogP contribution in [0.2, 0.25) is 5.02 Å². The topological polar surface area (TPSA) is 84.5 Å². The molecule has 0 aliphatic carbocycles. The Balaban J connectivity index is 2.12. The van der Waals surface area contributed by atoms with Gasteiger partial charge in [-0.3, -0.25) is 9.52 Å². The molecule has 1 atom stereocenters. The third-order valence-corrected chi connectivity index (χ3v) is 3.86. The summed E-state index contributed by atoms with van der Waals surface area (Å²) in [6.45, 7) is 1.10. The van der Waals surface area contributed by atoms with Gasteiger partial charge >= 0.3 is 0 Å². The molecule has 1 heterocycles. The summed E-state index contributed by atoms with van der Waals surface area (Å²) in [6, 6.07) is 4.41. The highest BCUT2D eigenvalue weighted by molar-refractivity contribution is 7.92. The zero-order valence-corrected chi connectivity index (χ0v) is 13.1. The molecule has 1 fully saturated rings. The van der Waals surface area contributed by atoms with E-state index in [1.54, 1.807) is 0 Å². The van der Waals surface area contributed by atoms with E-state index >= 15 is 0 Å². The SMILES string of the molecule is CS(=O)(=O)Nc1ccc(Cl)cc1C(=O)NC[C@H]1CCCO1. The number of hydrogen-bond donors (Lipinski definition) is 2. The second kappa shape index (κ2) is 6.64. The summed E-state index contributed by atoms with van der Waals surface area (Å²) in [5.41, 5.74) is 0.387. The highest BCUT2D eigenvalue weighted by Gasteiger charge is 2.19. The summed E-state index contributed by atoms with van der Waals surface area (Å²) in [6.07, 6.45) is 2.93. The lowest BCUT2D eigenvalue weighted by Crippen LogP contribution is -2.32. The molecule has 116 valence electrons. The van der Waals surface area contributed by atoms with Crippen molar-refractivity contribution < 1.29 is 17.9 Å². The Kier molecular flexibility index (Phi) is 5.08. The lowest BCUT2D eigenvalue weighted by Gasteiger charge is -2.14. The molecule has 0 radical (unpaired) electrons. The van der Waals surface area contributed by atoms with E-state index in [0.29, 0.717) is 18.2 Å². The first-order chi connectivity index (χ1) is 9.85. The number of carbonyl (C=O) groups excluding carboxylic acids is 1. The van der Waals surface area contributed by atoms with Gasteiger partial charge in [0.2, 0.25) is 10.0 Å². The molecule has 1 aromatic carbocycles. The van der Waals surface area contributed by atoms with Crippen LogP contribution in [0.25, 0.3) is 0 Å². The number of amides is 1. The van der Waals surface area contributed by atoms with Crippen LogP contribution in [-0.2, 0) is 14.8 Å². The number of rotatable bonds is 5. The molecule has 0 saturated carbocycles. The van der Waals surface area contributed by atoms with Gasteiger partial charge in [-0.25, -0.2) is 8.42 Å². The van der Waals surface area contributed by atoms with Crippen LogP contribution in [-0.4, -0.2) is 39.8 Å². The van der Waals surface area contributed by atoms with Crippen molar-refractivity contribution in [3.8, 4) is 0 Å². The van der Waals surface area contributed by atoms with Gasteiger partial charge in [-0.2, -0.15) is 0 Å². The van der Waals surface area contributed by atoms with Crippen LogP contribution < -0.4 is 10.0 Å². The van der Waals surface area contributed by atoms with Gasteiger partial charge < -0.3 is 10.1 Å². The van der Waals surface area contributed by atoms with Gasteiger partial charge in [-0.1, -0.05) is 11.6 Å². The van der Waals surface area contributed by atoms with Crippen molar-refractivity contribution >= 4 is 33.2 Å². The Bertz CT molecular complexity index is 627. The fraction of sp³-hybridized carbons (Fsp3) is 0.462. The third kappa shape index (κ3) is 4.87. The normalized spacial score (nSPS) is 18.5. The number of hydrogen-bond acceptors (Lipinski definition) is 4. The molecule has 21 heavy (non-hydrogen) atoms. The molecule has 0 bridgehead atoms. The van der Waals surface area contributed by atoms with E-state index in [-0.39, 0.29) is 23.3 Å². The highest BCUT2D eigenvalue weighted by atomic mass is 35.5. The first-order valence-corrected chi connectivity index (χ1v) is 8.79. The number of anilines is 1. The van der Waals surface area contributed by atoms with Crippen molar-refractivity contribution in [2.75, 3.05) is 24.1 Å². The molecule has 1 aliphatic heterocycles. The fourth-order valence-corrected chi connectivity index (χ4v) is 2.85. The molecule has 8 heteroatoms. The first-order valence-electron chi connectivity index (χ1n) is 6.52. The van der Waals surface area contributed by atoms with E-state index in [1.807, 2.05) is 0 Å². The maximum atomic E-state index is 12.2. The van der Waals surface area contributed by atoms with Gasteiger partial charge in [-0.15, -0.1) is 0 Å². The second-order valence-corrected chi connectivity index (χ2v) is 7.09. The van der Waals surface area contributed by atoms with E-state index in [9.17, 15) is 13.2 Å². The van der Waals surface area contributed by atoms with Crippen molar-refractivity contribution in [2.24, 2.45) is 0 Å². The molecule has 2 N–H and O–H groups in total. The number of sulfonamides is 1. The second-order valence-electron chi connectivity index (χ2n) is 4.91. The average Bonchev–Trinajstić information content (AvgIpc) is 2.89. The Morgan fingerprint density at radius 2 is 2.24 bits per heavy atom. The highest BCUT2D eigenvalue weighted by Crippen LogP contribution is 2.22. The van der Waals surface area contributed by atoms with Crippen LogP contribution in [0, 0.1) is 0 Å². The molecule has 0 unspecified atom stereocenters. The van der Waals surface area contributed by atoms with Crippen LogP contribution in [0.5, 0.6) is 0 Å². The number of carbonyl (C=O) groups is 1. The van der Waals surface area contributed by atoms with Crippen molar-refractivity contribution in [1.29, 1.82) is 0 Å². The van der Waals surface area contributed by atoms with Gasteiger partial charge in [0.1, 0.15) is 0 Å². The molecule has 1 aromatic rings. The van der Waals surface area contributed by atoms with Crippen LogP contribution in [0.15, 0.2) is 18.2 Å². The molecule has 1 amide bonds. The smallest absolute Gasteiger partial charge is 0.253 e. The standard InChI is InChI=1S/C13H17ClN2O4S/c1-21(18,19)16-12-5-4-9(14)7-11(12)13(17)15-8-10-3-2-6-20-10/h4-5,7,10,16H,2-3,6,8H2,1H3,(H,15,17)/t10-/m1/s1. The first kappa shape index (κ1) is 16.1. The van der Waals surface area contributed by atoms with Crippen LogP contribution in [0.4, 0.5) is 5.69 Å². The van der Waals surface area contributed by atoms with E-state index in [2.05, 4.69) is 10.0 Å². The summed E-state index contributed by atoms with van der Waals surface area (Å²) in [5, 5.41) is 3.09.